The number of aliphatic hydroxyl groups is 1. The molecular formula is C12H17N3O3S. The summed E-state index contributed by atoms with van der Waals surface area (Å²) in [6.07, 6.45) is 0.878. The number of benzene rings is 1. The molecule has 0 bridgehead atoms. The third-order valence-corrected chi connectivity index (χ3v) is 4.28. The molecule has 7 heteroatoms. The van der Waals surface area contributed by atoms with E-state index in [4.69, 9.17) is 16.1 Å². The Labute approximate surface area is 112 Å². The lowest BCUT2D eigenvalue weighted by Gasteiger charge is -2.16. The van der Waals surface area contributed by atoms with Gasteiger partial charge in [0, 0.05) is 18.3 Å². The van der Waals surface area contributed by atoms with Crippen LogP contribution in [0.1, 0.15) is 25.3 Å². The summed E-state index contributed by atoms with van der Waals surface area (Å²) in [5.74, 6) is 0. The Morgan fingerprint density at radius 2 is 2.21 bits per heavy atom. The topological polar surface area (TPSA) is 116 Å². The van der Waals surface area contributed by atoms with E-state index in [1.165, 1.54) is 18.2 Å². The molecule has 1 atom stereocenters. The van der Waals surface area contributed by atoms with E-state index in [-0.39, 0.29) is 23.1 Å². The summed E-state index contributed by atoms with van der Waals surface area (Å²) in [6, 6.07) is 5.52. The predicted molar refractivity (Wildman–Crippen MR) is 71.7 cm³/mol. The Balaban J connectivity index is 3.10. The molecule has 19 heavy (non-hydrogen) atoms. The largest absolute Gasteiger partial charge is 0.399 e. The molecule has 1 aromatic rings. The van der Waals surface area contributed by atoms with Crippen LogP contribution < -0.4 is 10.5 Å². The number of nitriles is 1. The van der Waals surface area contributed by atoms with Gasteiger partial charge in [0.15, 0.2) is 0 Å². The van der Waals surface area contributed by atoms with Crippen LogP contribution in [0.3, 0.4) is 0 Å². The molecule has 0 aliphatic carbocycles. The fraction of sp³-hybridized carbons (Fsp3) is 0.417. The van der Waals surface area contributed by atoms with Crippen molar-refractivity contribution in [1.82, 2.24) is 4.72 Å². The minimum Gasteiger partial charge on any atom is -0.399 e. The number of rotatable bonds is 6. The summed E-state index contributed by atoms with van der Waals surface area (Å²) in [6.45, 7) is 1.71. The van der Waals surface area contributed by atoms with Gasteiger partial charge >= 0.3 is 0 Å². The third-order valence-electron chi connectivity index (χ3n) is 2.71. The summed E-state index contributed by atoms with van der Waals surface area (Å²) in [7, 11) is -3.79. The van der Waals surface area contributed by atoms with Crippen LogP contribution in [0, 0.1) is 11.3 Å². The monoisotopic (exact) mass is 283 g/mol. The molecular weight excluding hydrogens is 266 g/mol. The molecule has 1 unspecified atom stereocenters. The molecule has 0 radical (unpaired) electrons. The fourth-order valence-electron chi connectivity index (χ4n) is 1.65. The second-order valence-electron chi connectivity index (χ2n) is 4.11. The molecule has 0 spiro atoms. The van der Waals surface area contributed by atoms with Crippen LogP contribution in [0.25, 0.3) is 0 Å². The number of anilines is 1. The van der Waals surface area contributed by atoms with Gasteiger partial charge in [-0.2, -0.15) is 5.26 Å². The predicted octanol–water partition coefficient (Wildman–Crippen LogP) is 0.580. The van der Waals surface area contributed by atoms with Gasteiger partial charge in [-0.1, -0.05) is 6.92 Å². The van der Waals surface area contributed by atoms with Gasteiger partial charge in [0.25, 0.3) is 0 Å². The van der Waals surface area contributed by atoms with Gasteiger partial charge in [-0.15, -0.1) is 0 Å². The average molecular weight is 283 g/mol. The van der Waals surface area contributed by atoms with Crippen molar-refractivity contribution in [2.24, 2.45) is 0 Å². The Hall–Kier alpha value is -1.62. The van der Waals surface area contributed by atoms with E-state index >= 15 is 0 Å². The number of hydrogen-bond acceptors (Lipinski definition) is 5. The van der Waals surface area contributed by atoms with Crippen LogP contribution in [-0.4, -0.2) is 26.2 Å². The quantitative estimate of drug-likeness (QED) is 0.660. The summed E-state index contributed by atoms with van der Waals surface area (Å²) in [5.41, 5.74) is 5.86. The van der Waals surface area contributed by atoms with E-state index in [2.05, 4.69) is 4.72 Å². The van der Waals surface area contributed by atoms with E-state index in [0.29, 0.717) is 18.5 Å². The summed E-state index contributed by atoms with van der Waals surface area (Å²) < 4.78 is 26.8. The highest BCUT2D eigenvalue weighted by molar-refractivity contribution is 7.89. The van der Waals surface area contributed by atoms with Crippen LogP contribution in [0.4, 0.5) is 5.69 Å². The SMILES string of the molecule is CCC(CCO)NS(=O)(=O)c1ccc(N)cc1C#N. The maximum absolute atomic E-state index is 12.2. The minimum atomic E-state index is -3.79. The molecule has 0 saturated carbocycles. The smallest absolute Gasteiger partial charge is 0.242 e. The fourth-order valence-corrected chi connectivity index (χ4v) is 3.15. The summed E-state index contributed by atoms with van der Waals surface area (Å²) in [4.78, 5) is -0.0967. The van der Waals surface area contributed by atoms with Crippen molar-refractivity contribution in [2.75, 3.05) is 12.3 Å². The normalized spacial score (nSPS) is 12.9. The number of sulfonamides is 1. The van der Waals surface area contributed by atoms with Crippen LogP contribution in [0.5, 0.6) is 0 Å². The molecule has 0 fully saturated rings. The highest BCUT2D eigenvalue weighted by Gasteiger charge is 2.22. The number of nitrogens with zero attached hydrogens (tertiary/aromatic N) is 1. The van der Waals surface area contributed by atoms with Gasteiger partial charge in [0.2, 0.25) is 10.0 Å². The summed E-state index contributed by atoms with van der Waals surface area (Å²) >= 11 is 0. The Bertz CT molecular complexity index is 578. The van der Waals surface area contributed by atoms with Gasteiger partial charge in [-0.3, -0.25) is 0 Å². The molecule has 0 saturated heterocycles. The lowest BCUT2D eigenvalue weighted by Crippen LogP contribution is -2.35. The molecule has 0 aromatic heterocycles. The van der Waals surface area contributed by atoms with Crippen LogP contribution in [0.2, 0.25) is 0 Å². The zero-order valence-corrected chi connectivity index (χ0v) is 11.4. The van der Waals surface area contributed by atoms with Gasteiger partial charge in [0.1, 0.15) is 6.07 Å². The van der Waals surface area contributed by atoms with Gasteiger partial charge in [-0.05, 0) is 31.0 Å². The number of nitrogens with two attached hydrogens (primary N) is 1. The van der Waals surface area contributed by atoms with Crippen molar-refractivity contribution < 1.29 is 13.5 Å². The molecule has 0 amide bonds. The minimum absolute atomic E-state index is 0.00588. The van der Waals surface area contributed by atoms with Crippen molar-refractivity contribution >= 4 is 15.7 Å². The maximum atomic E-state index is 12.2. The van der Waals surface area contributed by atoms with Crippen molar-refractivity contribution in [1.29, 1.82) is 5.26 Å². The van der Waals surface area contributed by atoms with E-state index in [9.17, 15) is 8.42 Å². The number of aliphatic hydroxyl groups excluding tert-OH is 1. The maximum Gasteiger partial charge on any atom is 0.242 e. The Morgan fingerprint density at radius 3 is 2.74 bits per heavy atom. The highest BCUT2D eigenvalue weighted by atomic mass is 32.2. The third kappa shape index (κ3) is 3.92. The average Bonchev–Trinajstić information content (AvgIpc) is 2.37. The second kappa shape index (κ2) is 6.52. The highest BCUT2D eigenvalue weighted by Crippen LogP contribution is 2.18. The Morgan fingerprint density at radius 1 is 1.53 bits per heavy atom. The number of hydrogen-bond donors (Lipinski definition) is 3. The summed E-state index contributed by atoms with van der Waals surface area (Å²) in [5, 5.41) is 17.8. The van der Waals surface area contributed by atoms with E-state index in [1.807, 2.05) is 13.0 Å². The van der Waals surface area contributed by atoms with Crippen molar-refractivity contribution in [3.63, 3.8) is 0 Å². The van der Waals surface area contributed by atoms with Crippen LogP contribution >= 0.6 is 0 Å². The lowest BCUT2D eigenvalue weighted by atomic mass is 10.2. The van der Waals surface area contributed by atoms with Crippen molar-refractivity contribution in [3.05, 3.63) is 23.8 Å². The zero-order valence-electron chi connectivity index (χ0n) is 10.6. The van der Waals surface area contributed by atoms with Crippen molar-refractivity contribution in [3.8, 4) is 6.07 Å². The lowest BCUT2D eigenvalue weighted by molar-refractivity contribution is 0.270. The molecule has 0 aliphatic heterocycles. The first kappa shape index (κ1) is 15.4. The van der Waals surface area contributed by atoms with Crippen LogP contribution in [-0.2, 0) is 10.0 Å². The molecule has 104 valence electrons. The van der Waals surface area contributed by atoms with Crippen LogP contribution in [0.15, 0.2) is 23.1 Å². The standard InChI is InChI=1S/C12H17N3O3S/c1-2-11(5-6-16)15-19(17,18)12-4-3-10(14)7-9(12)8-13/h3-4,7,11,15-16H,2,5-6,14H2,1H3. The number of nitrogens with one attached hydrogen (secondary N) is 1. The van der Waals surface area contributed by atoms with E-state index in [0.717, 1.165) is 0 Å². The molecule has 0 aliphatic rings. The van der Waals surface area contributed by atoms with E-state index < -0.39 is 10.0 Å². The molecule has 4 N–H and O–H groups in total. The van der Waals surface area contributed by atoms with Gasteiger partial charge in [0.05, 0.1) is 10.5 Å². The molecule has 1 rings (SSSR count). The Kier molecular flexibility index (Phi) is 5.30. The first-order valence-corrected chi connectivity index (χ1v) is 7.35. The van der Waals surface area contributed by atoms with Gasteiger partial charge < -0.3 is 10.8 Å². The molecule has 0 heterocycles. The molecule has 1 aromatic carbocycles. The van der Waals surface area contributed by atoms with Gasteiger partial charge in [-0.25, -0.2) is 13.1 Å². The number of nitrogen functional groups attached to an aromatic ring is 1. The molecule has 6 nitrogen and oxygen atoms in total. The first-order valence-electron chi connectivity index (χ1n) is 5.87. The zero-order chi connectivity index (χ0) is 14.5. The first-order chi connectivity index (χ1) is 8.94. The van der Waals surface area contributed by atoms with E-state index in [1.54, 1.807) is 0 Å². The second-order valence-corrected chi connectivity index (χ2v) is 5.79. The van der Waals surface area contributed by atoms with Crippen molar-refractivity contribution in [2.45, 2.75) is 30.7 Å².